The molecular formula is C15H22BrNO2. The van der Waals surface area contributed by atoms with Crippen molar-refractivity contribution >= 4 is 15.9 Å². The molecule has 2 rings (SSSR count). The number of ether oxygens (including phenoxy) is 2. The first kappa shape index (κ1) is 14.7. The quantitative estimate of drug-likeness (QED) is 0.907. The highest BCUT2D eigenvalue weighted by atomic mass is 79.9. The third-order valence-corrected chi connectivity index (χ3v) is 4.78. The van der Waals surface area contributed by atoms with Crippen LogP contribution in [0.3, 0.4) is 0 Å². The minimum absolute atomic E-state index is 0.0393. The Labute approximate surface area is 123 Å². The lowest BCUT2D eigenvalue weighted by molar-refractivity contribution is 0.300. The van der Waals surface area contributed by atoms with Crippen molar-refractivity contribution in [1.29, 1.82) is 0 Å². The molecule has 0 aromatic heterocycles. The molecule has 19 heavy (non-hydrogen) atoms. The molecule has 1 aliphatic rings. The van der Waals surface area contributed by atoms with E-state index in [2.05, 4.69) is 15.9 Å². The van der Waals surface area contributed by atoms with Crippen LogP contribution in [-0.2, 0) is 0 Å². The number of nitrogens with two attached hydrogens (primary N) is 1. The monoisotopic (exact) mass is 327 g/mol. The Bertz CT molecular complexity index is 430. The fraction of sp³-hybridized carbons (Fsp3) is 0.600. The molecule has 0 heterocycles. The molecule has 1 aliphatic carbocycles. The molecule has 2 N–H and O–H groups in total. The van der Waals surface area contributed by atoms with Crippen LogP contribution < -0.4 is 15.2 Å². The van der Waals surface area contributed by atoms with Crippen LogP contribution in [0.5, 0.6) is 11.5 Å². The summed E-state index contributed by atoms with van der Waals surface area (Å²) in [4.78, 5) is 0. The third kappa shape index (κ3) is 3.06. The number of benzene rings is 1. The highest BCUT2D eigenvalue weighted by Gasteiger charge is 2.26. The highest BCUT2D eigenvalue weighted by Crippen LogP contribution is 2.42. The molecule has 4 heteroatoms. The van der Waals surface area contributed by atoms with E-state index >= 15 is 0 Å². The van der Waals surface area contributed by atoms with Gasteiger partial charge in [0.1, 0.15) is 16.0 Å². The van der Waals surface area contributed by atoms with E-state index in [4.69, 9.17) is 15.2 Å². The van der Waals surface area contributed by atoms with Crippen LogP contribution in [-0.4, -0.2) is 14.2 Å². The van der Waals surface area contributed by atoms with Crippen LogP contribution in [0.2, 0.25) is 0 Å². The molecule has 1 unspecified atom stereocenters. The van der Waals surface area contributed by atoms with Gasteiger partial charge < -0.3 is 15.2 Å². The Morgan fingerprint density at radius 1 is 1.16 bits per heavy atom. The molecule has 1 saturated carbocycles. The maximum atomic E-state index is 6.46. The summed E-state index contributed by atoms with van der Waals surface area (Å²) in [5, 5.41) is 0. The molecule has 0 saturated heterocycles. The van der Waals surface area contributed by atoms with Crippen LogP contribution in [0.4, 0.5) is 0 Å². The zero-order chi connectivity index (χ0) is 13.8. The molecular weight excluding hydrogens is 306 g/mol. The summed E-state index contributed by atoms with van der Waals surface area (Å²) in [6, 6.07) is 4.02. The van der Waals surface area contributed by atoms with Crippen molar-refractivity contribution in [1.82, 2.24) is 0 Å². The van der Waals surface area contributed by atoms with Gasteiger partial charge in [-0.2, -0.15) is 0 Å². The molecule has 106 valence electrons. The summed E-state index contributed by atoms with van der Waals surface area (Å²) < 4.78 is 11.7. The summed E-state index contributed by atoms with van der Waals surface area (Å²) >= 11 is 3.54. The smallest absolute Gasteiger partial charge is 0.141 e. The van der Waals surface area contributed by atoms with Crippen LogP contribution in [0.25, 0.3) is 0 Å². The third-order valence-electron chi connectivity index (χ3n) is 4.03. The van der Waals surface area contributed by atoms with Crippen molar-refractivity contribution < 1.29 is 9.47 Å². The second-order valence-electron chi connectivity index (χ2n) is 5.13. The largest absolute Gasteiger partial charge is 0.495 e. The van der Waals surface area contributed by atoms with Crippen molar-refractivity contribution in [2.75, 3.05) is 14.2 Å². The van der Waals surface area contributed by atoms with Crippen molar-refractivity contribution in [2.24, 2.45) is 11.7 Å². The SMILES string of the molecule is COc1ccc(C(N)C2CCCCC2)c(OC)c1Br. The summed E-state index contributed by atoms with van der Waals surface area (Å²) in [7, 11) is 3.33. The summed E-state index contributed by atoms with van der Waals surface area (Å²) in [5.74, 6) is 2.14. The predicted molar refractivity (Wildman–Crippen MR) is 80.7 cm³/mol. The van der Waals surface area contributed by atoms with Gasteiger partial charge in [-0.1, -0.05) is 19.3 Å². The van der Waals surface area contributed by atoms with Gasteiger partial charge in [0.15, 0.2) is 0 Å². The molecule has 1 aromatic rings. The Morgan fingerprint density at radius 2 is 1.84 bits per heavy atom. The van der Waals surface area contributed by atoms with Gasteiger partial charge in [-0.3, -0.25) is 0 Å². The number of rotatable bonds is 4. The fourth-order valence-electron chi connectivity index (χ4n) is 2.93. The van der Waals surface area contributed by atoms with Gasteiger partial charge in [0, 0.05) is 11.6 Å². The van der Waals surface area contributed by atoms with Gasteiger partial charge in [0.05, 0.1) is 14.2 Å². The molecule has 1 atom stereocenters. The van der Waals surface area contributed by atoms with E-state index in [1.165, 1.54) is 32.1 Å². The van der Waals surface area contributed by atoms with E-state index in [1.807, 2.05) is 12.1 Å². The highest BCUT2D eigenvalue weighted by molar-refractivity contribution is 9.10. The maximum absolute atomic E-state index is 6.46. The van der Waals surface area contributed by atoms with E-state index in [-0.39, 0.29) is 6.04 Å². The van der Waals surface area contributed by atoms with Crippen LogP contribution >= 0.6 is 15.9 Å². The summed E-state index contributed by atoms with van der Waals surface area (Å²) in [6.45, 7) is 0. The molecule has 3 nitrogen and oxygen atoms in total. The van der Waals surface area contributed by atoms with Gasteiger partial charge in [0.25, 0.3) is 0 Å². The molecule has 0 radical (unpaired) electrons. The normalized spacial score (nSPS) is 18.1. The van der Waals surface area contributed by atoms with Crippen molar-refractivity contribution in [3.05, 3.63) is 22.2 Å². The Kier molecular flexibility index (Phi) is 5.11. The lowest BCUT2D eigenvalue weighted by Crippen LogP contribution is -2.24. The zero-order valence-corrected chi connectivity index (χ0v) is 13.2. The Morgan fingerprint density at radius 3 is 2.42 bits per heavy atom. The summed E-state index contributed by atoms with van der Waals surface area (Å²) in [6.07, 6.45) is 6.35. The van der Waals surface area contributed by atoms with Gasteiger partial charge in [-0.05, 0) is 46.8 Å². The van der Waals surface area contributed by atoms with Crippen LogP contribution in [0.15, 0.2) is 16.6 Å². The van der Waals surface area contributed by atoms with E-state index in [0.717, 1.165) is 21.5 Å². The van der Waals surface area contributed by atoms with E-state index < -0.39 is 0 Å². The van der Waals surface area contributed by atoms with E-state index in [1.54, 1.807) is 14.2 Å². The Balaban J connectivity index is 2.30. The topological polar surface area (TPSA) is 44.5 Å². The lowest BCUT2D eigenvalue weighted by atomic mass is 9.81. The molecule has 1 aromatic carbocycles. The number of hydrogen-bond acceptors (Lipinski definition) is 3. The molecule has 0 amide bonds. The van der Waals surface area contributed by atoms with Gasteiger partial charge in [0.2, 0.25) is 0 Å². The Hall–Kier alpha value is -0.740. The minimum atomic E-state index is 0.0393. The van der Waals surface area contributed by atoms with Gasteiger partial charge in [-0.25, -0.2) is 0 Å². The van der Waals surface area contributed by atoms with Gasteiger partial charge >= 0.3 is 0 Å². The maximum Gasteiger partial charge on any atom is 0.141 e. The first-order valence-corrected chi connectivity index (χ1v) is 7.64. The van der Waals surface area contributed by atoms with Crippen molar-refractivity contribution in [3.63, 3.8) is 0 Å². The second-order valence-corrected chi connectivity index (χ2v) is 5.92. The first-order chi connectivity index (χ1) is 9.19. The number of methoxy groups -OCH3 is 2. The van der Waals surface area contributed by atoms with Crippen LogP contribution in [0.1, 0.15) is 43.7 Å². The molecule has 0 bridgehead atoms. The van der Waals surface area contributed by atoms with Crippen molar-refractivity contribution in [2.45, 2.75) is 38.1 Å². The van der Waals surface area contributed by atoms with Crippen molar-refractivity contribution in [3.8, 4) is 11.5 Å². The number of halogens is 1. The second kappa shape index (κ2) is 6.62. The van der Waals surface area contributed by atoms with E-state index in [9.17, 15) is 0 Å². The summed E-state index contributed by atoms with van der Waals surface area (Å²) in [5.41, 5.74) is 7.54. The van der Waals surface area contributed by atoms with Gasteiger partial charge in [-0.15, -0.1) is 0 Å². The molecule has 1 fully saturated rings. The minimum Gasteiger partial charge on any atom is -0.495 e. The average molecular weight is 328 g/mol. The first-order valence-electron chi connectivity index (χ1n) is 6.85. The molecule has 0 spiro atoms. The van der Waals surface area contributed by atoms with E-state index in [0.29, 0.717) is 5.92 Å². The molecule has 0 aliphatic heterocycles. The predicted octanol–water partition coefficient (Wildman–Crippen LogP) is 4.05. The number of hydrogen-bond donors (Lipinski definition) is 1. The zero-order valence-electron chi connectivity index (χ0n) is 11.6. The average Bonchev–Trinajstić information content (AvgIpc) is 2.47. The standard InChI is InChI=1S/C15H22BrNO2/c1-18-12-9-8-11(15(19-2)13(12)16)14(17)10-6-4-3-5-7-10/h8-10,14H,3-7,17H2,1-2H3. The van der Waals surface area contributed by atoms with Crippen LogP contribution in [0, 0.1) is 5.92 Å². The fourth-order valence-corrected chi connectivity index (χ4v) is 3.61. The lowest BCUT2D eigenvalue weighted by Gasteiger charge is -2.29.